The van der Waals surface area contributed by atoms with Gasteiger partial charge < -0.3 is 58.3 Å². The van der Waals surface area contributed by atoms with Gasteiger partial charge in [-0.15, -0.1) is 0 Å². The van der Waals surface area contributed by atoms with Crippen LogP contribution in [0.2, 0.25) is 0 Å². The van der Waals surface area contributed by atoms with Gasteiger partial charge in [0.05, 0.1) is 63.4 Å². The number of amides is 2. The van der Waals surface area contributed by atoms with E-state index in [2.05, 4.69) is 31.5 Å². The summed E-state index contributed by atoms with van der Waals surface area (Å²) in [6.45, 7) is 27.6. The number of aliphatic hydroxyl groups excluding tert-OH is 2. The third kappa shape index (κ3) is 23.9. The zero-order valence-electron chi connectivity index (χ0n) is 43.8. The lowest BCUT2D eigenvalue weighted by Gasteiger charge is -2.24. The van der Waals surface area contributed by atoms with Crippen LogP contribution >= 0.6 is 7.36 Å². The largest absolute Gasteiger partial charge is 0.444 e. The van der Waals surface area contributed by atoms with Crippen LogP contribution < -0.4 is 0 Å². The van der Waals surface area contributed by atoms with E-state index in [1.165, 1.54) is 33.1 Å². The van der Waals surface area contributed by atoms with Crippen molar-refractivity contribution in [1.82, 2.24) is 22.7 Å². The lowest BCUT2D eigenvalue weighted by Crippen LogP contribution is -2.46. The third-order valence-corrected chi connectivity index (χ3v) is 14.8. The van der Waals surface area contributed by atoms with Gasteiger partial charge in [-0.2, -0.15) is 12.9 Å². The molecule has 430 valence electrons. The fourth-order valence-corrected chi connectivity index (χ4v) is 9.65. The van der Waals surface area contributed by atoms with E-state index in [-0.39, 0.29) is 64.5 Å². The fraction of sp³-hybridized carbons (Fsp3) is 0.822. The van der Waals surface area contributed by atoms with Crippen molar-refractivity contribution in [2.24, 2.45) is 0 Å². The molecule has 2 amide bonds. The van der Waals surface area contributed by atoms with Crippen LogP contribution in [0.4, 0.5) is 9.59 Å². The van der Waals surface area contributed by atoms with Gasteiger partial charge in [0.25, 0.3) is 0 Å². The summed E-state index contributed by atoms with van der Waals surface area (Å²) in [6.07, 6.45) is 1.17. The van der Waals surface area contributed by atoms with Crippen LogP contribution in [0.15, 0.2) is 36.5 Å². The molecule has 28 heteroatoms. The van der Waals surface area contributed by atoms with Crippen molar-refractivity contribution in [3.05, 3.63) is 36.5 Å². The molecular formula is C45H88N5O18PS4. The standard InChI is InChI=1S/C11H19NO3.C10H17NO3.C7H15NO5S.C7H13NO4S.C7H13NO3S.CH3PS.2CH4/c1-8-6-12(7-9(8)14-5)10(13)15-11(2,3)4;1-7-5-11(6-8(7)12)9(13)14-10(2,3)4;1-13-6-3-8(14(2,11)12)4-7(6,10)5-9;1-11-6-3-8(13(2,9)10)4-7(6)5-12-7;1-6-4-8(12(3,9)10)5-7(6)11-2;1-2-3;;/h9H,1,6-7H2,2-5H3;8,12H,1,5-6H2,2-4H3;6,9-10H,3-5H2,1-2H3;6H,3-5H2,1-2H3;7H,1,4-5H2,2-3H3;1H3;2*1H4/t9-;8-;2*6-,7-;7-;;;/m01000.../s1. The molecule has 6 rings (SSSR count). The van der Waals surface area contributed by atoms with Gasteiger partial charge in [0.2, 0.25) is 30.1 Å². The highest BCUT2D eigenvalue weighted by Crippen LogP contribution is 2.39. The minimum atomic E-state index is -3.34. The van der Waals surface area contributed by atoms with E-state index >= 15 is 0 Å². The van der Waals surface area contributed by atoms with Crippen molar-refractivity contribution in [3.8, 4) is 0 Å². The van der Waals surface area contributed by atoms with Gasteiger partial charge in [0.1, 0.15) is 34.6 Å². The number of likely N-dealkylation sites (tertiary alicyclic amines) is 2. The molecule has 1 spiro atoms. The molecule has 0 aliphatic carbocycles. The second-order valence-corrected chi connectivity index (χ2v) is 27.0. The Bertz CT molecular complexity index is 2170. The van der Waals surface area contributed by atoms with E-state index in [0.29, 0.717) is 58.0 Å². The Morgan fingerprint density at radius 1 is 0.671 bits per heavy atom. The third-order valence-electron chi connectivity index (χ3n) is 11.2. The normalized spacial score (nSPS) is 27.4. The van der Waals surface area contributed by atoms with Gasteiger partial charge in [-0.25, -0.2) is 34.8 Å². The van der Waals surface area contributed by atoms with Gasteiger partial charge in [-0.1, -0.05) is 46.4 Å². The molecule has 0 aromatic carbocycles. The van der Waals surface area contributed by atoms with Crippen LogP contribution in [0.1, 0.15) is 56.4 Å². The molecule has 0 bridgehead atoms. The maximum Gasteiger partial charge on any atom is 0.410 e. The van der Waals surface area contributed by atoms with Crippen LogP contribution in [-0.2, 0) is 75.0 Å². The summed E-state index contributed by atoms with van der Waals surface area (Å²) in [5.41, 5.74) is -0.368. The summed E-state index contributed by atoms with van der Waals surface area (Å²) in [7, 11) is -2.40. The molecule has 3 N–H and O–H groups in total. The van der Waals surface area contributed by atoms with Crippen molar-refractivity contribution in [3.63, 3.8) is 0 Å². The van der Waals surface area contributed by atoms with Crippen LogP contribution in [-0.4, -0.2) is 261 Å². The minimum absolute atomic E-state index is 0. The average molecular weight is 1150 g/mol. The number of ether oxygens (including phenoxy) is 7. The summed E-state index contributed by atoms with van der Waals surface area (Å²) >= 11 is 4.37. The number of methoxy groups -OCH3 is 4. The molecule has 73 heavy (non-hydrogen) atoms. The highest BCUT2D eigenvalue weighted by Gasteiger charge is 2.59. The molecule has 6 saturated heterocycles. The van der Waals surface area contributed by atoms with Crippen LogP contribution in [0.5, 0.6) is 0 Å². The minimum Gasteiger partial charge on any atom is -0.444 e. The van der Waals surface area contributed by atoms with Crippen LogP contribution in [0.3, 0.4) is 0 Å². The van der Waals surface area contributed by atoms with Gasteiger partial charge in [0.15, 0.2) is 0 Å². The van der Waals surface area contributed by atoms with Crippen molar-refractivity contribution >= 4 is 61.4 Å². The Morgan fingerprint density at radius 2 is 1.04 bits per heavy atom. The number of nitrogens with zero attached hydrogens (tertiary/aromatic N) is 5. The first-order valence-electron chi connectivity index (χ1n) is 22.1. The number of sulfonamides is 3. The summed E-state index contributed by atoms with van der Waals surface area (Å²) in [5.74, 6) is 0. The summed E-state index contributed by atoms with van der Waals surface area (Å²) in [6, 6.07) is 0. The van der Waals surface area contributed by atoms with Crippen molar-refractivity contribution < 1.29 is 83.3 Å². The molecule has 6 aliphatic heterocycles. The maximum atomic E-state index is 11.7. The molecule has 0 unspecified atom stereocenters. The van der Waals surface area contributed by atoms with Crippen molar-refractivity contribution in [2.45, 2.75) is 109 Å². The number of epoxide rings is 1. The predicted octanol–water partition coefficient (Wildman–Crippen LogP) is 2.14. The van der Waals surface area contributed by atoms with E-state index in [4.69, 9.17) is 38.3 Å². The maximum absolute atomic E-state index is 11.7. The number of β-amino-alcohol motifs (C(OH)–C–C–N with tert-alkyl or cyclic N) is 2. The first kappa shape index (κ1) is 72.8. The zero-order chi connectivity index (χ0) is 55.3. The lowest BCUT2D eigenvalue weighted by molar-refractivity contribution is -0.0890. The Balaban J connectivity index is 0. The van der Waals surface area contributed by atoms with Gasteiger partial charge in [0, 0.05) is 80.8 Å². The number of hydrogen-bond acceptors (Lipinski definition) is 19. The summed E-state index contributed by atoms with van der Waals surface area (Å²) < 4.78 is 107. The Labute approximate surface area is 443 Å². The summed E-state index contributed by atoms with van der Waals surface area (Å²) in [5, 5.41) is 28.1. The molecule has 6 aliphatic rings. The van der Waals surface area contributed by atoms with Gasteiger partial charge >= 0.3 is 12.2 Å². The van der Waals surface area contributed by atoms with E-state index in [9.17, 15) is 45.1 Å². The molecule has 0 aromatic heterocycles. The van der Waals surface area contributed by atoms with Crippen LogP contribution in [0.25, 0.3) is 0 Å². The first-order valence-corrected chi connectivity index (χ1v) is 30.0. The number of carbonyl (C=O) groups excluding carboxylic acids is 2. The van der Waals surface area contributed by atoms with E-state index in [0.717, 1.165) is 29.1 Å². The molecule has 0 radical (unpaired) electrons. The molecule has 0 aromatic rings. The van der Waals surface area contributed by atoms with E-state index < -0.39 is 71.8 Å². The SMILES string of the molecule is C.C.C=C1CN(C(=O)OC(C)(C)C)C[C@@H]1OC.C=C1CN(C(=O)OC(C)(C)C)C[C@H]1O.C=C1CN(S(C)(=O)=O)C[C@@H]1OC.CO[C@H]1CN(S(C)(=O)=O)C[C@]1(O)CO.CO[C@H]1CN(S(C)(=O)=O)C[C@]12CO2.CP=S. The zero-order valence-corrected chi connectivity index (χ0v) is 47.9. The van der Waals surface area contributed by atoms with Crippen molar-refractivity contribution in [1.29, 1.82) is 0 Å². The smallest absolute Gasteiger partial charge is 0.410 e. The summed E-state index contributed by atoms with van der Waals surface area (Å²) in [4.78, 5) is 26.2. The number of aliphatic hydroxyl groups is 3. The molecule has 6 heterocycles. The van der Waals surface area contributed by atoms with Gasteiger partial charge in [-0.3, -0.25) is 0 Å². The highest BCUT2D eigenvalue weighted by molar-refractivity contribution is 7.96. The monoisotopic (exact) mass is 1150 g/mol. The van der Waals surface area contributed by atoms with E-state index in [1.54, 1.807) is 26.2 Å². The second kappa shape index (κ2) is 30.0. The Hall–Kier alpha value is -2.31. The molecule has 7 atom stereocenters. The molecule has 6 fully saturated rings. The topological polar surface area (TPSA) is 281 Å². The molecular weight excluding hydrogens is 1060 g/mol. The Kier molecular flexibility index (Phi) is 29.9. The van der Waals surface area contributed by atoms with E-state index in [1.807, 2.05) is 48.2 Å². The molecule has 23 nitrogen and oxygen atoms in total. The first-order chi connectivity index (χ1) is 32.3. The quantitative estimate of drug-likeness (QED) is 0.178. The highest BCUT2D eigenvalue weighted by atomic mass is 32.4. The van der Waals surface area contributed by atoms with Crippen molar-refractivity contribution in [2.75, 3.05) is 133 Å². The number of carbonyl (C=O) groups is 2. The molecule has 0 saturated carbocycles. The average Bonchev–Trinajstić information content (AvgIpc) is 3.63. The number of rotatable bonds is 8. The second-order valence-electron chi connectivity index (χ2n) is 19.6. The Morgan fingerprint density at radius 3 is 1.32 bits per heavy atom. The lowest BCUT2D eigenvalue weighted by atomic mass is 10.0. The van der Waals surface area contributed by atoms with Gasteiger partial charge in [-0.05, 0) is 72.3 Å². The number of hydrogen-bond donors (Lipinski definition) is 3. The fourth-order valence-electron chi connectivity index (χ4n) is 7.12. The van der Waals surface area contributed by atoms with Crippen LogP contribution in [0, 0.1) is 0 Å². The predicted molar refractivity (Wildman–Crippen MR) is 286 cm³/mol.